The molecule has 2 aromatic carbocycles. The third kappa shape index (κ3) is 4.33. The molecule has 3 aromatic rings. The summed E-state index contributed by atoms with van der Waals surface area (Å²) < 4.78 is 16.0. The number of esters is 1. The van der Waals surface area contributed by atoms with Crippen molar-refractivity contribution >= 4 is 11.8 Å². The number of ether oxygens (including phenoxy) is 3. The van der Waals surface area contributed by atoms with Crippen LogP contribution in [0, 0.1) is 6.92 Å². The van der Waals surface area contributed by atoms with Crippen molar-refractivity contribution in [2.24, 2.45) is 0 Å². The predicted molar refractivity (Wildman–Crippen MR) is 129 cm³/mol. The zero-order valence-corrected chi connectivity index (χ0v) is 20.4. The van der Waals surface area contributed by atoms with Gasteiger partial charge < -0.3 is 29.5 Å². The lowest BCUT2D eigenvalue weighted by molar-refractivity contribution is -0.140. The maximum absolute atomic E-state index is 12.5. The number of rotatable bonds is 7. The van der Waals surface area contributed by atoms with E-state index in [1.165, 1.54) is 27.2 Å². The van der Waals surface area contributed by atoms with Gasteiger partial charge in [0.25, 0.3) is 0 Å². The molecule has 3 N–H and O–H groups in total. The molecule has 0 radical (unpaired) electrons. The highest BCUT2D eigenvalue weighted by atomic mass is 16.5. The highest BCUT2D eigenvalue weighted by Gasteiger charge is 2.36. The number of aryl methyl sites for hydroxylation is 1. The number of Topliss-reactive ketones (excluding diaryl/α,β-unsaturated/α-hetero) is 1. The first kappa shape index (κ1) is 25.0. The zero-order chi connectivity index (χ0) is 26.1. The number of methoxy groups -OCH3 is 2. The minimum absolute atomic E-state index is 0.0180. The number of hydrogen-bond acceptors (Lipinski definition) is 9. The van der Waals surface area contributed by atoms with Crippen LogP contribution in [0.1, 0.15) is 69.2 Å². The maximum Gasteiger partial charge on any atom is 0.306 e. The van der Waals surface area contributed by atoms with Crippen LogP contribution < -0.4 is 4.74 Å². The number of carbonyl (C=O) groups excluding carboxylic acids is 2. The van der Waals surface area contributed by atoms with Gasteiger partial charge in [-0.15, -0.1) is 0 Å². The fourth-order valence-electron chi connectivity index (χ4n) is 4.54. The Labute approximate surface area is 207 Å². The van der Waals surface area contributed by atoms with E-state index in [0.29, 0.717) is 28.1 Å². The third-order valence-electron chi connectivity index (χ3n) is 6.49. The van der Waals surface area contributed by atoms with Crippen LogP contribution in [0.3, 0.4) is 0 Å². The summed E-state index contributed by atoms with van der Waals surface area (Å²) >= 11 is 0. The lowest BCUT2D eigenvalue weighted by Crippen LogP contribution is -2.13. The molecule has 0 unspecified atom stereocenters. The minimum atomic E-state index is -0.922. The number of aromatic hydroxyl groups is 3. The highest BCUT2D eigenvalue weighted by molar-refractivity contribution is 5.98. The fraction of sp³-hybridized carbons (Fsp3) is 0.296. The molecule has 0 spiro atoms. The van der Waals surface area contributed by atoms with Gasteiger partial charge in [0, 0.05) is 34.4 Å². The van der Waals surface area contributed by atoms with Gasteiger partial charge in [0.2, 0.25) is 0 Å². The summed E-state index contributed by atoms with van der Waals surface area (Å²) in [6.07, 6.45) is 0.446. The number of fused-ring (bicyclic) bond motifs is 1. The summed E-state index contributed by atoms with van der Waals surface area (Å²) in [5, 5.41) is 33.4. The summed E-state index contributed by atoms with van der Waals surface area (Å²) in [5.74, 6) is -2.18. The Hall–Kier alpha value is -4.11. The summed E-state index contributed by atoms with van der Waals surface area (Å²) in [6.45, 7) is 3.07. The maximum atomic E-state index is 12.5. The Morgan fingerprint density at radius 3 is 2.42 bits per heavy atom. The van der Waals surface area contributed by atoms with Crippen LogP contribution in [0.4, 0.5) is 0 Å². The molecule has 0 fully saturated rings. The zero-order valence-electron chi connectivity index (χ0n) is 20.4. The summed E-state index contributed by atoms with van der Waals surface area (Å²) in [6, 6.07) is 8.14. The van der Waals surface area contributed by atoms with Gasteiger partial charge in [-0.3, -0.25) is 14.6 Å². The molecule has 0 saturated carbocycles. The standard InChI is InChI=1S/C27H27NO8/c1-13-24(31)22-16(11-28-13)12-36-27(22)20-9-18(14(2)29)25(32)23(26(20)33)19(10-21(30)35-4)15-5-7-17(34-3)8-6-15/h5-9,11,19,27,31-33H,10,12H2,1-4H3/t19-,27+/m1/s1. The van der Waals surface area contributed by atoms with E-state index in [-0.39, 0.29) is 41.2 Å². The Morgan fingerprint density at radius 2 is 1.81 bits per heavy atom. The molecule has 1 aliphatic heterocycles. The molecule has 2 atom stereocenters. The van der Waals surface area contributed by atoms with Crippen LogP contribution in [0.15, 0.2) is 36.5 Å². The summed E-state index contributed by atoms with van der Waals surface area (Å²) in [4.78, 5) is 29.1. The SMILES string of the molecule is COC(=O)C[C@H](c1ccc(OC)cc1)c1c(O)c(C(C)=O)cc([C@@H]2OCc3cnc(C)c(O)c32)c1O. The van der Waals surface area contributed by atoms with Gasteiger partial charge in [0.1, 0.15) is 29.1 Å². The molecule has 188 valence electrons. The van der Waals surface area contributed by atoms with Gasteiger partial charge in [-0.2, -0.15) is 0 Å². The van der Waals surface area contributed by atoms with Crippen LogP contribution in [0.25, 0.3) is 0 Å². The van der Waals surface area contributed by atoms with Crippen molar-refractivity contribution in [2.75, 3.05) is 14.2 Å². The van der Waals surface area contributed by atoms with E-state index in [9.17, 15) is 24.9 Å². The van der Waals surface area contributed by atoms with Crippen LogP contribution in [0.5, 0.6) is 23.0 Å². The normalized spacial score (nSPS) is 15.3. The first-order valence-electron chi connectivity index (χ1n) is 11.3. The van der Waals surface area contributed by atoms with Gasteiger partial charge in [0.05, 0.1) is 38.5 Å². The molecular weight excluding hydrogens is 466 g/mol. The Kier molecular flexibility index (Phi) is 6.85. The number of carbonyl (C=O) groups is 2. The Balaban J connectivity index is 1.96. The quantitative estimate of drug-likeness (QED) is 0.329. The van der Waals surface area contributed by atoms with Gasteiger partial charge in [0.15, 0.2) is 5.78 Å². The van der Waals surface area contributed by atoms with E-state index in [4.69, 9.17) is 14.2 Å². The molecule has 9 heteroatoms. The van der Waals surface area contributed by atoms with Crippen molar-refractivity contribution in [2.45, 2.75) is 38.9 Å². The van der Waals surface area contributed by atoms with Crippen molar-refractivity contribution < 1.29 is 39.1 Å². The number of ketones is 1. The van der Waals surface area contributed by atoms with E-state index in [1.807, 2.05) is 0 Å². The summed E-state index contributed by atoms with van der Waals surface area (Å²) in [7, 11) is 2.76. The second-order valence-corrected chi connectivity index (χ2v) is 8.61. The average molecular weight is 494 g/mol. The highest BCUT2D eigenvalue weighted by Crippen LogP contribution is 2.50. The van der Waals surface area contributed by atoms with Crippen molar-refractivity contribution in [1.29, 1.82) is 0 Å². The lowest BCUT2D eigenvalue weighted by atomic mass is 9.83. The van der Waals surface area contributed by atoms with Crippen molar-refractivity contribution in [3.05, 3.63) is 75.6 Å². The van der Waals surface area contributed by atoms with Crippen LogP contribution in [-0.2, 0) is 20.9 Å². The minimum Gasteiger partial charge on any atom is -0.507 e. The molecule has 0 aliphatic carbocycles. The second kappa shape index (κ2) is 9.87. The van der Waals surface area contributed by atoms with E-state index in [1.54, 1.807) is 37.4 Å². The molecule has 36 heavy (non-hydrogen) atoms. The van der Waals surface area contributed by atoms with Crippen LogP contribution in [-0.4, -0.2) is 46.3 Å². The van der Waals surface area contributed by atoms with Gasteiger partial charge >= 0.3 is 5.97 Å². The smallest absolute Gasteiger partial charge is 0.306 e. The Morgan fingerprint density at radius 1 is 1.11 bits per heavy atom. The summed E-state index contributed by atoms with van der Waals surface area (Å²) in [5.41, 5.74) is 2.14. The number of hydrogen-bond donors (Lipinski definition) is 3. The molecule has 1 aliphatic rings. The lowest BCUT2D eigenvalue weighted by Gasteiger charge is -2.24. The van der Waals surface area contributed by atoms with Crippen LogP contribution in [0.2, 0.25) is 0 Å². The molecule has 9 nitrogen and oxygen atoms in total. The third-order valence-corrected chi connectivity index (χ3v) is 6.49. The molecule has 4 rings (SSSR count). The molecular formula is C27H27NO8. The number of aromatic nitrogens is 1. The number of phenolic OH excluding ortho intramolecular Hbond substituents is 2. The molecule has 0 amide bonds. The number of nitrogens with zero attached hydrogens (tertiary/aromatic N) is 1. The number of pyridine rings is 1. The molecule has 2 heterocycles. The van der Waals surface area contributed by atoms with Crippen LogP contribution >= 0.6 is 0 Å². The fourth-order valence-corrected chi connectivity index (χ4v) is 4.54. The van der Waals surface area contributed by atoms with E-state index in [0.717, 1.165) is 0 Å². The Bertz CT molecular complexity index is 1330. The first-order chi connectivity index (χ1) is 17.2. The number of benzene rings is 2. The average Bonchev–Trinajstić information content (AvgIpc) is 3.30. The van der Waals surface area contributed by atoms with E-state index >= 15 is 0 Å². The van der Waals surface area contributed by atoms with E-state index < -0.39 is 29.5 Å². The second-order valence-electron chi connectivity index (χ2n) is 8.61. The van der Waals surface area contributed by atoms with Gasteiger partial charge in [-0.25, -0.2) is 0 Å². The van der Waals surface area contributed by atoms with Gasteiger partial charge in [-0.1, -0.05) is 12.1 Å². The molecule has 1 aromatic heterocycles. The van der Waals surface area contributed by atoms with Gasteiger partial charge in [-0.05, 0) is 37.6 Å². The van der Waals surface area contributed by atoms with Crippen molar-refractivity contribution in [1.82, 2.24) is 4.98 Å². The van der Waals surface area contributed by atoms with Crippen molar-refractivity contribution in [3.8, 4) is 23.0 Å². The van der Waals surface area contributed by atoms with Crippen molar-refractivity contribution in [3.63, 3.8) is 0 Å². The predicted octanol–water partition coefficient (Wildman–Crippen LogP) is 4.03. The number of phenols is 2. The van der Waals surface area contributed by atoms with E-state index in [2.05, 4.69) is 4.98 Å². The first-order valence-corrected chi connectivity index (χ1v) is 11.3. The molecule has 0 bridgehead atoms. The molecule has 0 saturated heterocycles. The monoisotopic (exact) mass is 493 g/mol. The topological polar surface area (TPSA) is 135 Å². The largest absolute Gasteiger partial charge is 0.507 e.